The van der Waals surface area contributed by atoms with E-state index in [1.54, 1.807) is 29.2 Å². The predicted octanol–water partition coefficient (Wildman–Crippen LogP) is 4.84. The van der Waals surface area contributed by atoms with E-state index in [1.165, 1.54) is 30.7 Å². The van der Waals surface area contributed by atoms with Crippen LogP contribution in [0.5, 0.6) is 0 Å². The van der Waals surface area contributed by atoms with Gasteiger partial charge in [-0.2, -0.15) is 5.10 Å². The van der Waals surface area contributed by atoms with Crippen molar-refractivity contribution in [2.75, 3.05) is 19.0 Å². The van der Waals surface area contributed by atoms with Gasteiger partial charge in [0.2, 0.25) is 0 Å². The van der Waals surface area contributed by atoms with Crippen molar-refractivity contribution < 1.29 is 18.8 Å². The van der Waals surface area contributed by atoms with E-state index in [4.69, 9.17) is 14.7 Å². The minimum Gasteiger partial charge on any atom is -0.453 e. The van der Waals surface area contributed by atoms with Crippen molar-refractivity contribution in [2.24, 2.45) is 5.16 Å². The number of benzene rings is 1. The zero-order valence-electron chi connectivity index (χ0n) is 19.0. The largest absolute Gasteiger partial charge is 0.453 e. The van der Waals surface area contributed by atoms with Gasteiger partial charge in [0.1, 0.15) is 18.1 Å². The topological polar surface area (TPSA) is 104 Å². The van der Waals surface area contributed by atoms with Crippen LogP contribution in [-0.2, 0) is 22.4 Å². The maximum Gasteiger partial charge on any atom is 0.413 e. The van der Waals surface area contributed by atoms with Crippen LogP contribution in [-0.4, -0.2) is 45.8 Å². The number of hydrogen-bond donors (Lipinski definition) is 1. The number of ether oxygens (including phenoxy) is 1. The molecule has 35 heavy (non-hydrogen) atoms. The Labute approximate surface area is 204 Å². The fourth-order valence-corrected chi connectivity index (χ4v) is 4.97. The first-order valence-electron chi connectivity index (χ1n) is 10.9. The quantitative estimate of drug-likeness (QED) is 0.305. The molecule has 178 valence electrons. The molecule has 0 spiro atoms. The molecule has 0 bridgehead atoms. The summed E-state index contributed by atoms with van der Waals surface area (Å²) in [5, 5.41) is 11.7. The van der Waals surface area contributed by atoms with Crippen LogP contribution in [0.2, 0.25) is 0 Å². The third kappa shape index (κ3) is 4.37. The highest BCUT2D eigenvalue weighted by Gasteiger charge is 2.30. The summed E-state index contributed by atoms with van der Waals surface area (Å²) in [5.41, 5.74) is 4.95. The van der Waals surface area contributed by atoms with Crippen LogP contribution in [0, 0.1) is 5.82 Å². The lowest BCUT2D eigenvalue weighted by atomic mass is 9.95. The van der Waals surface area contributed by atoms with Gasteiger partial charge in [-0.15, -0.1) is 0 Å². The van der Waals surface area contributed by atoms with Gasteiger partial charge in [-0.3, -0.25) is 10.3 Å². The second kappa shape index (κ2) is 9.63. The zero-order valence-corrected chi connectivity index (χ0v) is 19.8. The number of anilines is 1. The number of amides is 1. The van der Waals surface area contributed by atoms with Gasteiger partial charge in [-0.25, -0.2) is 18.9 Å². The van der Waals surface area contributed by atoms with E-state index in [0.717, 1.165) is 33.1 Å². The number of oxime groups is 1. The molecule has 0 saturated heterocycles. The van der Waals surface area contributed by atoms with Crippen LogP contribution < -0.4 is 5.32 Å². The van der Waals surface area contributed by atoms with Gasteiger partial charge in [0.15, 0.2) is 5.13 Å². The molecular weight excluding hydrogens is 471 g/mol. The van der Waals surface area contributed by atoms with Crippen molar-refractivity contribution in [2.45, 2.75) is 19.8 Å². The summed E-state index contributed by atoms with van der Waals surface area (Å²) in [6, 6.07) is 8.56. The number of methoxy groups -OCH3 is 1. The average molecular weight is 493 g/mol. The lowest BCUT2D eigenvalue weighted by Gasteiger charge is -2.14. The van der Waals surface area contributed by atoms with Gasteiger partial charge < -0.3 is 9.57 Å². The highest BCUT2D eigenvalue weighted by Crippen LogP contribution is 2.44. The van der Waals surface area contributed by atoms with Crippen LogP contribution >= 0.6 is 11.3 Å². The summed E-state index contributed by atoms with van der Waals surface area (Å²) in [7, 11) is 1.29. The summed E-state index contributed by atoms with van der Waals surface area (Å²) in [5.74, 6) is -0.460. The Kier molecular flexibility index (Phi) is 6.23. The highest BCUT2D eigenvalue weighted by atomic mass is 32.1. The molecule has 5 rings (SSSR count). The van der Waals surface area contributed by atoms with Crippen molar-refractivity contribution in [3.8, 4) is 27.5 Å². The first kappa shape index (κ1) is 22.7. The van der Waals surface area contributed by atoms with Crippen LogP contribution in [0.4, 0.5) is 14.3 Å². The Morgan fingerprint density at radius 2 is 2.23 bits per heavy atom. The number of thiazole rings is 1. The molecule has 0 unspecified atom stereocenters. The number of halogens is 1. The van der Waals surface area contributed by atoms with Gasteiger partial charge in [0, 0.05) is 23.5 Å². The summed E-state index contributed by atoms with van der Waals surface area (Å²) in [6.45, 7) is 2.25. The lowest BCUT2D eigenvalue weighted by Crippen LogP contribution is -2.10. The lowest BCUT2D eigenvalue weighted by molar-refractivity contribution is 0.160. The standard InChI is InChI=1S/C24H21FN6O3S/c1-3-34-27-12-14-6-9-19(17(25)11-14)31-21-16(20(30-31)15-5-4-10-26-13-15)7-8-18-22(21)35-23(28-18)29-24(32)33-2/h4-6,9-13H,3,7-8H2,1-2H3,(H,28,29,32). The van der Waals surface area contributed by atoms with Gasteiger partial charge >= 0.3 is 6.09 Å². The minimum absolute atomic E-state index is 0.286. The number of pyridine rings is 1. The van der Waals surface area contributed by atoms with Crippen molar-refractivity contribution >= 4 is 28.8 Å². The number of nitrogens with zero attached hydrogens (tertiary/aromatic N) is 5. The number of rotatable bonds is 6. The molecule has 11 heteroatoms. The second-order valence-corrected chi connectivity index (χ2v) is 8.60. The van der Waals surface area contributed by atoms with E-state index in [0.29, 0.717) is 30.1 Å². The average Bonchev–Trinajstić information content (AvgIpc) is 3.46. The molecule has 1 amide bonds. The highest BCUT2D eigenvalue weighted by molar-refractivity contribution is 7.19. The number of hydrogen-bond acceptors (Lipinski definition) is 8. The predicted molar refractivity (Wildman–Crippen MR) is 131 cm³/mol. The van der Waals surface area contributed by atoms with E-state index in [9.17, 15) is 4.79 Å². The number of carbonyl (C=O) groups excluding carboxylic acids is 1. The van der Waals surface area contributed by atoms with Crippen molar-refractivity contribution in [1.82, 2.24) is 19.7 Å². The van der Waals surface area contributed by atoms with Gasteiger partial charge in [-0.1, -0.05) is 22.6 Å². The number of aryl methyl sites for hydroxylation is 1. The first-order valence-corrected chi connectivity index (χ1v) is 11.7. The monoisotopic (exact) mass is 492 g/mol. The van der Waals surface area contributed by atoms with Gasteiger partial charge in [0.25, 0.3) is 0 Å². The molecule has 0 fully saturated rings. The SMILES string of the molecule is CCON=Cc1ccc(-n2nc(-c3cccnc3)c3c2-c2sc(NC(=O)OC)nc2CC3)c(F)c1. The summed E-state index contributed by atoms with van der Waals surface area (Å²) >= 11 is 1.30. The molecule has 0 aliphatic heterocycles. The van der Waals surface area contributed by atoms with E-state index >= 15 is 4.39 Å². The number of nitrogens with one attached hydrogen (secondary N) is 1. The maximum absolute atomic E-state index is 15.4. The Bertz CT molecular complexity index is 1420. The van der Waals surface area contributed by atoms with Gasteiger partial charge in [-0.05, 0) is 49.6 Å². The number of aromatic nitrogens is 4. The van der Waals surface area contributed by atoms with Crippen molar-refractivity contribution in [3.05, 3.63) is 65.4 Å². The second-order valence-electron chi connectivity index (χ2n) is 7.60. The third-order valence-corrected chi connectivity index (χ3v) is 6.46. The zero-order chi connectivity index (χ0) is 24.4. The smallest absolute Gasteiger partial charge is 0.413 e. The molecule has 4 aromatic rings. The summed E-state index contributed by atoms with van der Waals surface area (Å²) in [4.78, 5) is 26.3. The van der Waals surface area contributed by atoms with Crippen LogP contribution in [0.3, 0.4) is 0 Å². The first-order chi connectivity index (χ1) is 17.1. The molecule has 1 aliphatic carbocycles. The van der Waals surface area contributed by atoms with E-state index in [2.05, 4.69) is 20.4 Å². The van der Waals surface area contributed by atoms with Crippen LogP contribution in [0.15, 0.2) is 47.9 Å². The molecule has 1 N–H and O–H groups in total. The van der Waals surface area contributed by atoms with Crippen molar-refractivity contribution in [1.29, 1.82) is 0 Å². The molecule has 3 heterocycles. The normalized spacial score (nSPS) is 12.3. The third-order valence-electron chi connectivity index (χ3n) is 5.44. The molecule has 0 radical (unpaired) electrons. The summed E-state index contributed by atoms with van der Waals surface area (Å²) < 4.78 is 21.7. The fourth-order valence-electron chi connectivity index (χ4n) is 3.92. The van der Waals surface area contributed by atoms with E-state index in [-0.39, 0.29) is 5.69 Å². The van der Waals surface area contributed by atoms with Gasteiger partial charge in [0.05, 0.1) is 35.3 Å². The molecule has 1 aliphatic rings. The fraction of sp³-hybridized carbons (Fsp3) is 0.208. The molecule has 0 saturated carbocycles. The molecule has 1 aromatic carbocycles. The Morgan fingerprint density at radius 3 is 2.97 bits per heavy atom. The number of carbonyl (C=O) groups is 1. The molecule has 9 nitrogen and oxygen atoms in total. The minimum atomic E-state index is -0.601. The number of fused-ring (bicyclic) bond motifs is 3. The molecular formula is C24H21FN6O3S. The van der Waals surface area contributed by atoms with Crippen LogP contribution in [0.1, 0.15) is 23.7 Å². The maximum atomic E-state index is 15.4. The Morgan fingerprint density at radius 1 is 1.34 bits per heavy atom. The van der Waals surface area contributed by atoms with Crippen LogP contribution in [0.25, 0.3) is 27.5 Å². The summed E-state index contributed by atoms with van der Waals surface area (Å²) in [6.07, 6.45) is 5.62. The van der Waals surface area contributed by atoms with E-state index < -0.39 is 11.9 Å². The van der Waals surface area contributed by atoms with E-state index in [1.807, 2.05) is 19.1 Å². The van der Waals surface area contributed by atoms with Crippen molar-refractivity contribution in [3.63, 3.8) is 0 Å². The molecule has 0 atom stereocenters. The molecule has 3 aromatic heterocycles. The Balaban J connectivity index is 1.65. The Hall–Kier alpha value is -4.12.